The van der Waals surface area contributed by atoms with Crippen LogP contribution in [0.25, 0.3) is 0 Å². The topological polar surface area (TPSA) is 67.8 Å². The summed E-state index contributed by atoms with van der Waals surface area (Å²) in [5.41, 5.74) is -0.480. The number of piperazine rings is 1. The van der Waals surface area contributed by atoms with Gasteiger partial charge in [-0.1, -0.05) is 0 Å². The van der Waals surface area contributed by atoms with Crippen molar-refractivity contribution in [1.29, 1.82) is 0 Å². The monoisotopic (exact) mass is 308 g/mol. The Morgan fingerprint density at radius 2 is 2.05 bits per heavy atom. The van der Waals surface area contributed by atoms with Crippen LogP contribution in [-0.4, -0.2) is 59.3 Å². The molecule has 7 heteroatoms. The average Bonchev–Trinajstić information content (AvgIpc) is 2.45. The molecular weight excluding hydrogens is 284 g/mol. The summed E-state index contributed by atoms with van der Waals surface area (Å²) in [7, 11) is 1.57. The number of rotatable bonds is 2. The van der Waals surface area contributed by atoms with Crippen LogP contribution >= 0.6 is 0 Å². The molecule has 2 rings (SSSR count). The SMILES string of the molecule is COc1cncc(N2CCN(C(=O)OC(C)(C)C)[C@H](C)C2)n1. The number of carbonyl (C=O) groups is 1. The highest BCUT2D eigenvalue weighted by atomic mass is 16.6. The molecule has 1 amide bonds. The quantitative estimate of drug-likeness (QED) is 0.831. The van der Waals surface area contributed by atoms with E-state index in [1.807, 2.05) is 27.7 Å². The third-order valence-electron chi connectivity index (χ3n) is 3.39. The molecule has 122 valence electrons. The number of anilines is 1. The van der Waals surface area contributed by atoms with Crippen LogP contribution in [0.2, 0.25) is 0 Å². The summed E-state index contributed by atoms with van der Waals surface area (Å²) >= 11 is 0. The van der Waals surface area contributed by atoms with E-state index in [0.29, 0.717) is 25.5 Å². The lowest BCUT2D eigenvalue weighted by molar-refractivity contribution is 0.0158. The van der Waals surface area contributed by atoms with Crippen LogP contribution in [0.1, 0.15) is 27.7 Å². The van der Waals surface area contributed by atoms with E-state index < -0.39 is 5.60 Å². The van der Waals surface area contributed by atoms with E-state index in [1.165, 1.54) is 0 Å². The second kappa shape index (κ2) is 6.37. The number of amides is 1. The Balaban J connectivity index is 2.01. The maximum Gasteiger partial charge on any atom is 0.410 e. The van der Waals surface area contributed by atoms with Crippen molar-refractivity contribution in [3.63, 3.8) is 0 Å². The molecule has 0 saturated carbocycles. The molecule has 0 radical (unpaired) electrons. The predicted octanol–water partition coefficient (Wildman–Crippen LogP) is 1.93. The Bertz CT molecular complexity index is 530. The van der Waals surface area contributed by atoms with Crippen molar-refractivity contribution in [2.75, 3.05) is 31.6 Å². The van der Waals surface area contributed by atoms with E-state index in [9.17, 15) is 4.79 Å². The van der Waals surface area contributed by atoms with Gasteiger partial charge in [-0.15, -0.1) is 0 Å². The summed E-state index contributed by atoms with van der Waals surface area (Å²) < 4.78 is 10.5. The molecule has 1 saturated heterocycles. The van der Waals surface area contributed by atoms with E-state index in [-0.39, 0.29) is 12.1 Å². The first kappa shape index (κ1) is 16.3. The first-order valence-corrected chi connectivity index (χ1v) is 7.41. The van der Waals surface area contributed by atoms with Crippen molar-refractivity contribution >= 4 is 11.9 Å². The van der Waals surface area contributed by atoms with Gasteiger partial charge in [-0.05, 0) is 27.7 Å². The van der Waals surface area contributed by atoms with Gasteiger partial charge in [-0.25, -0.2) is 4.79 Å². The fourth-order valence-electron chi connectivity index (χ4n) is 2.35. The van der Waals surface area contributed by atoms with Gasteiger partial charge in [0.15, 0.2) is 5.82 Å². The zero-order chi connectivity index (χ0) is 16.3. The molecule has 1 aliphatic heterocycles. The molecule has 1 atom stereocenters. The summed E-state index contributed by atoms with van der Waals surface area (Å²) in [5.74, 6) is 1.25. The van der Waals surface area contributed by atoms with Crippen molar-refractivity contribution in [2.24, 2.45) is 0 Å². The van der Waals surface area contributed by atoms with Crippen LogP contribution in [0.15, 0.2) is 12.4 Å². The Labute approximate surface area is 131 Å². The molecule has 7 nitrogen and oxygen atoms in total. The molecule has 0 N–H and O–H groups in total. The Kier molecular flexibility index (Phi) is 4.73. The average molecular weight is 308 g/mol. The summed E-state index contributed by atoms with van der Waals surface area (Å²) in [4.78, 5) is 24.6. The van der Waals surface area contributed by atoms with E-state index in [4.69, 9.17) is 9.47 Å². The Hall–Kier alpha value is -2.05. The van der Waals surface area contributed by atoms with Crippen molar-refractivity contribution < 1.29 is 14.3 Å². The van der Waals surface area contributed by atoms with Crippen LogP contribution in [0.4, 0.5) is 10.6 Å². The number of hydrogen-bond donors (Lipinski definition) is 0. The number of ether oxygens (including phenoxy) is 2. The van der Waals surface area contributed by atoms with Crippen molar-refractivity contribution in [3.05, 3.63) is 12.4 Å². The molecule has 1 aromatic heterocycles. The van der Waals surface area contributed by atoms with Gasteiger partial charge in [0.25, 0.3) is 0 Å². The normalized spacial score (nSPS) is 19.0. The summed E-state index contributed by atoms with van der Waals surface area (Å²) in [5, 5.41) is 0. The van der Waals surface area contributed by atoms with Crippen LogP contribution in [0.3, 0.4) is 0 Å². The number of hydrogen-bond acceptors (Lipinski definition) is 6. The van der Waals surface area contributed by atoms with Crippen molar-refractivity contribution in [3.8, 4) is 5.88 Å². The minimum absolute atomic E-state index is 0.0385. The highest BCUT2D eigenvalue weighted by Gasteiger charge is 2.31. The smallest absolute Gasteiger partial charge is 0.410 e. The fraction of sp³-hybridized carbons (Fsp3) is 0.667. The fourth-order valence-corrected chi connectivity index (χ4v) is 2.35. The predicted molar refractivity (Wildman–Crippen MR) is 83.2 cm³/mol. The summed E-state index contributed by atoms with van der Waals surface area (Å²) in [6.07, 6.45) is 3.01. The van der Waals surface area contributed by atoms with Crippen LogP contribution in [0, 0.1) is 0 Å². The van der Waals surface area contributed by atoms with Gasteiger partial charge >= 0.3 is 6.09 Å². The number of carbonyl (C=O) groups excluding carboxylic acids is 1. The Morgan fingerprint density at radius 3 is 2.64 bits per heavy atom. The zero-order valence-electron chi connectivity index (χ0n) is 13.9. The number of nitrogens with zero attached hydrogens (tertiary/aromatic N) is 4. The van der Waals surface area contributed by atoms with Crippen molar-refractivity contribution in [1.82, 2.24) is 14.9 Å². The van der Waals surface area contributed by atoms with Crippen molar-refractivity contribution in [2.45, 2.75) is 39.3 Å². The maximum absolute atomic E-state index is 12.2. The largest absolute Gasteiger partial charge is 0.480 e. The van der Waals surface area contributed by atoms with Gasteiger partial charge in [0, 0.05) is 25.7 Å². The number of aromatic nitrogens is 2. The highest BCUT2D eigenvalue weighted by Crippen LogP contribution is 2.20. The third-order valence-corrected chi connectivity index (χ3v) is 3.39. The third kappa shape index (κ3) is 3.99. The molecular formula is C15H24N4O3. The van der Waals surface area contributed by atoms with E-state index in [1.54, 1.807) is 24.4 Å². The van der Waals surface area contributed by atoms with E-state index in [0.717, 1.165) is 5.82 Å². The lowest BCUT2D eigenvalue weighted by Gasteiger charge is -2.40. The van der Waals surface area contributed by atoms with Gasteiger partial charge in [-0.3, -0.25) is 4.98 Å². The summed E-state index contributed by atoms with van der Waals surface area (Å²) in [6.45, 7) is 9.58. The molecule has 2 heterocycles. The second-order valence-corrected chi connectivity index (χ2v) is 6.39. The molecule has 0 aliphatic carbocycles. The molecule has 0 bridgehead atoms. The Morgan fingerprint density at radius 1 is 1.32 bits per heavy atom. The van der Waals surface area contributed by atoms with Crippen LogP contribution < -0.4 is 9.64 Å². The number of methoxy groups -OCH3 is 1. The van der Waals surface area contributed by atoms with Gasteiger partial charge in [-0.2, -0.15) is 4.98 Å². The summed E-state index contributed by atoms with van der Waals surface area (Å²) in [6, 6.07) is 0.0385. The van der Waals surface area contributed by atoms with Gasteiger partial charge in [0.05, 0.1) is 19.5 Å². The van der Waals surface area contributed by atoms with E-state index in [2.05, 4.69) is 14.9 Å². The van der Waals surface area contributed by atoms with E-state index >= 15 is 0 Å². The van der Waals surface area contributed by atoms with Crippen LogP contribution in [0.5, 0.6) is 5.88 Å². The first-order valence-electron chi connectivity index (χ1n) is 7.41. The molecule has 1 aromatic rings. The van der Waals surface area contributed by atoms with Gasteiger partial charge in [0.1, 0.15) is 5.60 Å². The first-order chi connectivity index (χ1) is 10.3. The lowest BCUT2D eigenvalue weighted by Crippen LogP contribution is -2.55. The maximum atomic E-state index is 12.2. The standard InChI is InChI=1S/C15H24N4O3/c1-11-10-18(12-8-16-9-13(17-12)21-5)6-7-19(11)14(20)22-15(2,3)4/h8-9,11H,6-7,10H2,1-5H3/t11-/m1/s1. The minimum Gasteiger partial charge on any atom is -0.480 e. The van der Waals surface area contributed by atoms with Crippen LogP contribution in [-0.2, 0) is 4.74 Å². The molecule has 22 heavy (non-hydrogen) atoms. The van der Waals surface area contributed by atoms with Gasteiger partial charge in [0.2, 0.25) is 5.88 Å². The second-order valence-electron chi connectivity index (χ2n) is 6.39. The molecule has 0 unspecified atom stereocenters. The molecule has 1 fully saturated rings. The van der Waals surface area contributed by atoms with Gasteiger partial charge < -0.3 is 19.3 Å². The lowest BCUT2D eigenvalue weighted by atomic mass is 10.2. The minimum atomic E-state index is -0.480. The molecule has 0 spiro atoms. The zero-order valence-corrected chi connectivity index (χ0v) is 13.9. The molecule has 1 aliphatic rings. The highest BCUT2D eigenvalue weighted by molar-refractivity contribution is 5.69. The molecule has 0 aromatic carbocycles.